The van der Waals surface area contributed by atoms with Crippen molar-refractivity contribution in [2.24, 2.45) is 0 Å². The van der Waals surface area contributed by atoms with E-state index in [0.717, 1.165) is 17.6 Å². The van der Waals surface area contributed by atoms with Gasteiger partial charge in [-0.2, -0.15) is 0 Å². The van der Waals surface area contributed by atoms with E-state index in [-0.39, 0.29) is 0 Å². The van der Waals surface area contributed by atoms with Gasteiger partial charge in [0.2, 0.25) is 0 Å². The first-order valence-electron chi connectivity index (χ1n) is 7.23. The van der Waals surface area contributed by atoms with E-state index < -0.39 is 0 Å². The molecule has 2 saturated heterocycles. The molecule has 2 heterocycles. The molecule has 0 saturated carbocycles. The lowest BCUT2D eigenvalue weighted by Crippen LogP contribution is -2.50. The topological polar surface area (TPSA) is 18.5 Å². The minimum Gasteiger partial charge on any atom is -0.315 e. The summed E-state index contributed by atoms with van der Waals surface area (Å²) >= 11 is 6.04. The molecule has 0 aromatic heterocycles. The highest BCUT2D eigenvalue weighted by molar-refractivity contribution is 6.30. The van der Waals surface area contributed by atoms with Gasteiger partial charge in [0, 0.05) is 50.3 Å². The molecule has 0 aliphatic carbocycles. The average Bonchev–Trinajstić information content (AvgIpc) is 2.94. The van der Waals surface area contributed by atoms with Crippen molar-refractivity contribution in [1.29, 1.82) is 0 Å². The van der Waals surface area contributed by atoms with Gasteiger partial charge in [0.05, 0.1) is 0 Å². The van der Waals surface area contributed by atoms with Crippen LogP contribution in [-0.2, 0) is 6.54 Å². The minimum atomic E-state index is 0.772. The molecular weight excluding hydrogens is 258 g/mol. The van der Waals surface area contributed by atoms with Crippen LogP contribution in [0.4, 0.5) is 0 Å². The van der Waals surface area contributed by atoms with Gasteiger partial charge in [0.15, 0.2) is 0 Å². The third-order valence-electron chi connectivity index (χ3n) is 4.25. The van der Waals surface area contributed by atoms with Gasteiger partial charge in [-0.25, -0.2) is 0 Å². The largest absolute Gasteiger partial charge is 0.315 e. The molecule has 19 heavy (non-hydrogen) atoms. The van der Waals surface area contributed by atoms with Gasteiger partial charge in [-0.3, -0.25) is 9.80 Å². The maximum Gasteiger partial charge on any atom is 0.0409 e. The predicted molar refractivity (Wildman–Crippen MR) is 79.6 cm³/mol. The van der Waals surface area contributed by atoms with Crippen LogP contribution in [0, 0.1) is 0 Å². The summed E-state index contributed by atoms with van der Waals surface area (Å²) < 4.78 is 0. The zero-order valence-corrected chi connectivity index (χ0v) is 12.1. The van der Waals surface area contributed by atoms with Crippen molar-refractivity contribution in [3.63, 3.8) is 0 Å². The summed E-state index contributed by atoms with van der Waals surface area (Å²) in [6, 6.07) is 9.00. The summed E-state index contributed by atoms with van der Waals surface area (Å²) in [4.78, 5) is 5.18. The average molecular weight is 280 g/mol. The van der Waals surface area contributed by atoms with Gasteiger partial charge < -0.3 is 5.32 Å². The van der Waals surface area contributed by atoms with Gasteiger partial charge in [-0.1, -0.05) is 23.7 Å². The maximum atomic E-state index is 6.04. The second-order valence-corrected chi connectivity index (χ2v) is 6.03. The lowest BCUT2D eigenvalue weighted by Gasteiger charge is -2.37. The van der Waals surface area contributed by atoms with Crippen LogP contribution >= 0.6 is 11.6 Å². The third kappa shape index (κ3) is 3.48. The molecule has 104 valence electrons. The summed E-state index contributed by atoms with van der Waals surface area (Å²) in [7, 11) is 0. The molecule has 2 aliphatic rings. The van der Waals surface area contributed by atoms with Crippen LogP contribution < -0.4 is 5.32 Å². The molecule has 0 bridgehead atoms. The quantitative estimate of drug-likeness (QED) is 0.911. The van der Waals surface area contributed by atoms with Crippen molar-refractivity contribution in [3.8, 4) is 0 Å². The first-order valence-corrected chi connectivity index (χ1v) is 7.60. The monoisotopic (exact) mass is 279 g/mol. The van der Waals surface area contributed by atoms with E-state index in [1.54, 1.807) is 0 Å². The van der Waals surface area contributed by atoms with Crippen LogP contribution in [0.2, 0.25) is 5.02 Å². The van der Waals surface area contributed by atoms with Crippen molar-refractivity contribution in [2.75, 3.05) is 39.3 Å². The zero-order valence-electron chi connectivity index (χ0n) is 11.3. The van der Waals surface area contributed by atoms with Crippen LogP contribution in [0.5, 0.6) is 0 Å². The lowest BCUT2D eigenvalue weighted by atomic mass is 10.1. The first-order chi connectivity index (χ1) is 9.31. The van der Waals surface area contributed by atoms with Crippen LogP contribution in [0.15, 0.2) is 24.3 Å². The molecule has 1 unspecified atom stereocenters. The second kappa shape index (κ2) is 6.23. The van der Waals surface area contributed by atoms with E-state index in [4.69, 9.17) is 11.6 Å². The molecule has 2 fully saturated rings. The normalized spacial score (nSPS) is 25.8. The molecule has 3 rings (SSSR count). The standard InChI is InChI=1S/C15H22ClN3/c16-14-3-1-2-13(10-14)12-18-6-8-19(9-7-18)15-4-5-17-11-15/h1-3,10,15,17H,4-9,11-12H2. The summed E-state index contributed by atoms with van der Waals surface area (Å²) in [5, 5.41) is 4.30. The van der Waals surface area contributed by atoms with E-state index in [1.165, 1.54) is 51.3 Å². The summed E-state index contributed by atoms with van der Waals surface area (Å²) in [6.07, 6.45) is 1.31. The Morgan fingerprint density at radius 2 is 2.05 bits per heavy atom. The highest BCUT2D eigenvalue weighted by Crippen LogP contribution is 2.16. The van der Waals surface area contributed by atoms with E-state index >= 15 is 0 Å². The third-order valence-corrected chi connectivity index (χ3v) is 4.49. The van der Waals surface area contributed by atoms with E-state index in [9.17, 15) is 0 Å². The van der Waals surface area contributed by atoms with Gasteiger partial charge in [-0.05, 0) is 30.7 Å². The van der Waals surface area contributed by atoms with Crippen molar-refractivity contribution in [1.82, 2.24) is 15.1 Å². The number of nitrogens with zero attached hydrogens (tertiary/aromatic N) is 2. The fourth-order valence-corrected chi connectivity index (χ4v) is 3.34. The number of nitrogens with one attached hydrogen (secondary N) is 1. The molecule has 3 nitrogen and oxygen atoms in total. The van der Waals surface area contributed by atoms with Crippen LogP contribution in [-0.4, -0.2) is 55.1 Å². The van der Waals surface area contributed by atoms with Crippen LogP contribution in [0.1, 0.15) is 12.0 Å². The maximum absolute atomic E-state index is 6.04. The molecule has 2 aliphatic heterocycles. The number of piperazine rings is 1. The summed E-state index contributed by atoms with van der Waals surface area (Å²) in [6.45, 7) is 8.13. The fraction of sp³-hybridized carbons (Fsp3) is 0.600. The van der Waals surface area contributed by atoms with E-state index in [2.05, 4.69) is 27.2 Å². The zero-order chi connectivity index (χ0) is 13.1. The Labute approximate surface area is 120 Å². The highest BCUT2D eigenvalue weighted by atomic mass is 35.5. The number of rotatable bonds is 3. The number of benzene rings is 1. The van der Waals surface area contributed by atoms with Crippen LogP contribution in [0.3, 0.4) is 0 Å². The number of hydrogen-bond acceptors (Lipinski definition) is 3. The predicted octanol–water partition coefficient (Wildman–Crippen LogP) is 1.82. The molecule has 1 atom stereocenters. The molecule has 1 aromatic carbocycles. The Hall–Kier alpha value is -0.610. The molecule has 1 N–H and O–H groups in total. The van der Waals surface area contributed by atoms with Gasteiger partial charge in [0.25, 0.3) is 0 Å². The van der Waals surface area contributed by atoms with E-state index in [0.29, 0.717) is 0 Å². The summed E-state index contributed by atoms with van der Waals surface area (Å²) in [5.74, 6) is 0. The van der Waals surface area contributed by atoms with E-state index in [1.807, 2.05) is 12.1 Å². The number of hydrogen-bond donors (Lipinski definition) is 1. The second-order valence-electron chi connectivity index (χ2n) is 5.59. The Morgan fingerprint density at radius 1 is 1.21 bits per heavy atom. The van der Waals surface area contributed by atoms with Crippen LogP contribution in [0.25, 0.3) is 0 Å². The van der Waals surface area contributed by atoms with Crippen molar-refractivity contribution in [2.45, 2.75) is 19.0 Å². The molecule has 0 amide bonds. The Balaban J connectivity index is 1.50. The molecule has 0 radical (unpaired) electrons. The van der Waals surface area contributed by atoms with Gasteiger partial charge in [0.1, 0.15) is 0 Å². The number of halogens is 1. The van der Waals surface area contributed by atoms with Gasteiger partial charge in [-0.15, -0.1) is 0 Å². The van der Waals surface area contributed by atoms with Crippen molar-refractivity contribution >= 4 is 11.6 Å². The van der Waals surface area contributed by atoms with Crippen molar-refractivity contribution in [3.05, 3.63) is 34.9 Å². The Bertz CT molecular complexity index is 410. The summed E-state index contributed by atoms with van der Waals surface area (Å²) in [5.41, 5.74) is 1.32. The fourth-order valence-electron chi connectivity index (χ4n) is 3.13. The Kier molecular flexibility index (Phi) is 4.38. The van der Waals surface area contributed by atoms with Gasteiger partial charge >= 0.3 is 0 Å². The smallest absolute Gasteiger partial charge is 0.0409 e. The lowest BCUT2D eigenvalue weighted by molar-refractivity contribution is 0.0981. The Morgan fingerprint density at radius 3 is 2.74 bits per heavy atom. The minimum absolute atomic E-state index is 0.772. The highest BCUT2D eigenvalue weighted by Gasteiger charge is 2.25. The molecule has 0 spiro atoms. The molecule has 1 aromatic rings. The van der Waals surface area contributed by atoms with Crippen molar-refractivity contribution < 1.29 is 0 Å². The molecular formula is C15H22ClN3. The molecule has 4 heteroatoms. The SMILES string of the molecule is Clc1cccc(CN2CCN(C3CCNC3)CC2)c1. The first kappa shape index (κ1) is 13.4.